The number of hydrogen-bond donors (Lipinski definition) is 2. The molecule has 0 spiro atoms. The summed E-state index contributed by atoms with van der Waals surface area (Å²) < 4.78 is 5.29. The summed E-state index contributed by atoms with van der Waals surface area (Å²) in [4.78, 5) is 23.5. The number of anilines is 4. The van der Waals surface area contributed by atoms with Crippen LogP contribution >= 0.6 is 0 Å². The highest BCUT2D eigenvalue weighted by Gasteiger charge is 2.50. The molecule has 1 aliphatic carbocycles. The highest BCUT2D eigenvalue weighted by Crippen LogP contribution is 2.54. The molecule has 7 heteroatoms. The molecule has 0 radical (unpaired) electrons. The average Bonchev–Trinajstić information content (AvgIpc) is 2.96. The number of fused-ring (bicyclic) bond motifs is 2. The minimum absolute atomic E-state index is 0.289. The number of hydrogen-bond acceptors (Lipinski definition) is 7. The first kappa shape index (κ1) is 22.4. The minimum atomic E-state index is -0.314. The van der Waals surface area contributed by atoms with Crippen LogP contribution in [0.15, 0.2) is 30.6 Å². The molecule has 1 aromatic carbocycles. The van der Waals surface area contributed by atoms with Gasteiger partial charge in [0, 0.05) is 18.3 Å². The molecular weight excluding hydrogens is 402 g/mol. The maximum Gasteiger partial charge on any atom is 0.338 e. The van der Waals surface area contributed by atoms with Crippen LogP contribution < -0.4 is 16.0 Å². The molecule has 0 amide bonds. The van der Waals surface area contributed by atoms with Gasteiger partial charge in [-0.3, -0.25) is 0 Å². The van der Waals surface area contributed by atoms with Gasteiger partial charge in [-0.15, -0.1) is 0 Å². The Morgan fingerprint density at radius 3 is 2.62 bits per heavy atom. The first-order valence-electron chi connectivity index (χ1n) is 11.5. The van der Waals surface area contributed by atoms with Crippen molar-refractivity contribution in [1.82, 2.24) is 9.97 Å². The number of carbonyl (C=O) groups is 1. The van der Waals surface area contributed by atoms with Gasteiger partial charge in [0.1, 0.15) is 12.0 Å². The highest BCUT2D eigenvalue weighted by atomic mass is 16.5. The summed E-state index contributed by atoms with van der Waals surface area (Å²) in [5.41, 5.74) is 9.04. The van der Waals surface area contributed by atoms with Crippen LogP contribution in [0.5, 0.6) is 0 Å². The summed E-state index contributed by atoms with van der Waals surface area (Å²) in [6.45, 7) is 12.5. The molecule has 2 aliphatic rings. The topological polar surface area (TPSA) is 93.4 Å². The lowest BCUT2D eigenvalue weighted by atomic mass is 9.65. The van der Waals surface area contributed by atoms with E-state index in [4.69, 9.17) is 10.5 Å². The molecule has 2 fully saturated rings. The third-order valence-electron chi connectivity index (χ3n) is 6.48. The van der Waals surface area contributed by atoms with Gasteiger partial charge in [0.05, 0.1) is 12.2 Å². The van der Waals surface area contributed by atoms with Crippen LogP contribution in [0.4, 0.5) is 23.0 Å². The van der Waals surface area contributed by atoms with Crippen LogP contribution in [0.3, 0.4) is 0 Å². The van der Waals surface area contributed by atoms with Gasteiger partial charge in [0.25, 0.3) is 0 Å². The Morgan fingerprint density at radius 1 is 1.22 bits per heavy atom. The highest BCUT2D eigenvalue weighted by molar-refractivity contribution is 5.90. The summed E-state index contributed by atoms with van der Waals surface area (Å²) in [6.07, 6.45) is 5.11. The van der Waals surface area contributed by atoms with E-state index >= 15 is 0 Å². The Bertz CT molecular complexity index is 988. The number of nitrogens with one attached hydrogen (secondary N) is 1. The molecule has 2 bridgehead atoms. The second-order valence-corrected chi connectivity index (χ2v) is 11.0. The van der Waals surface area contributed by atoms with E-state index in [1.165, 1.54) is 12.8 Å². The van der Waals surface area contributed by atoms with Crippen LogP contribution in [0.25, 0.3) is 0 Å². The lowest BCUT2D eigenvalue weighted by molar-refractivity contribution is 0.0459. The molecular formula is C25H35N5O2. The van der Waals surface area contributed by atoms with Gasteiger partial charge >= 0.3 is 5.97 Å². The number of ether oxygens (including phenoxy) is 1. The first-order chi connectivity index (χ1) is 15.1. The molecule has 32 heavy (non-hydrogen) atoms. The zero-order chi connectivity index (χ0) is 23.1. The van der Waals surface area contributed by atoms with E-state index < -0.39 is 0 Å². The van der Waals surface area contributed by atoms with Crippen molar-refractivity contribution in [3.8, 4) is 0 Å². The standard InChI is InChI=1S/C25H35N5O2/c1-16(2)12-32-23(31)17-6-8-18(9-7-17)29-21-20(26)22(28-15-27-21)30-14-25(5)11-19(30)10-24(3,4)13-25/h6-9,15-16,19H,10-14,26H2,1-5H3,(H,27,28,29). The zero-order valence-electron chi connectivity index (χ0n) is 19.8. The van der Waals surface area contributed by atoms with Crippen LogP contribution in [0.2, 0.25) is 0 Å². The second kappa shape index (κ2) is 8.26. The summed E-state index contributed by atoms with van der Waals surface area (Å²) in [5.74, 6) is 1.38. The quantitative estimate of drug-likeness (QED) is 0.613. The third-order valence-corrected chi connectivity index (χ3v) is 6.48. The van der Waals surface area contributed by atoms with Gasteiger partial charge in [-0.1, -0.05) is 34.6 Å². The van der Waals surface area contributed by atoms with E-state index in [1.54, 1.807) is 18.5 Å². The molecule has 2 heterocycles. The Morgan fingerprint density at radius 2 is 1.94 bits per heavy atom. The number of nitrogens with two attached hydrogens (primary N) is 1. The predicted octanol–water partition coefficient (Wildman–Crippen LogP) is 5.02. The van der Waals surface area contributed by atoms with Crippen molar-refractivity contribution >= 4 is 29.0 Å². The van der Waals surface area contributed by atoms with Gasteiger partial charge in [-0.25, -0.2) is 14.8 Å². The first-order valence-corrected chi connectivity index (χ1v) is 11.5. The Labute approximate surface area is 190 Å². The molecule has 1 aliphatic heterocycles. The number of benzene rings is 1. The van der Waals surface area contributed by atoms with Crippen molar-refractivity contribution in [1.29, 1.82) is 0 Å². The predicted molar refractivity (Wildman–Crippen MR) is 128 cm³/mol. The van der Waals surface area contributed by atoms with Crippen LogP contribution in [0, 0.1) is 16.7 Å². The number of carbonyl (C=O) groups excluding carboxylic acids is 1. The van der Waals surface area contributed by atoms with Gasteiger partial charge in [-0.05, 0) is 60.3 Å². The largest absolute Gasteiger partial charge is 0.462 e. The Balaban J connectivity index is 1.50. The summed E-state index contributed by atoms with van der Waals surface area (Å²) in [6, 6.07) is 7.61. The minimum Gasteiger partial charge on any atom is -0.462 e. The summed E-state index contributed by atoms with van der Waals surface area (Å²) in [5, 5.41) is 3.28. The fourth-order valence-electron chi connectivity index (χ4n) is 5.57. The van der Waals surface area contributed by atoms with Gasteiger partial charge in [0.2, 0.25) is 0 Å². The van der Waals surface area contributed by atoms with E-state index in [-0.39, 0.29) is 11.4 Å². The van der Waals surface area contributed by atoms with Crippen LogP contribution in [0.1, 0.15) is 64.2 Å². The van der Waals surface area contributed by atoms with Crippen LogP contribution in [-0.2, 0) is 4.74 Å². The van der Waals surface area contributed by atoms with Gasteiger partial charge in [-0.2, -0.15) is 0 Å². The van der Waals surface area contributed by atoms with Crippen molar-refractivity contribution in [2.45, 2.75) is 59.9 Å². The molecule has 172 valence electrons. The number of aromatic nitrogens is 2. The Hall–Kier alpha value is -2.83. The third kappa shape index (κ3) is 4.66. The SMILES string of the molecule is CC(C)COC(=O)c1ccc(Nc2ncnc(N3CC4(C)CC3CC(C)(C)C4)c2N)cc1. The molecule has 7 nitrogen and oxygen atoms in total. The molecule has 4 rings (SSSR count). The molecule has 2 atom stereocenters. The van der Waals surface area contributed by atoms with Crippen molar-refractivity contribution in [2.24, 2.45) is 16.7 Å². The van der Waals surface area contributed by atoms with Gasteiger partial charge in [0.15, 0.2) is 11.6 Å². The molecule has 3 N–H and O–H groups in total. The zero-order valence-corrected chi connectivity index (χ0v) is 19.8. The van der Waals surface area contributed by atoms with Gasteiger partial charge < -0.3 is 20.7 Å². The molecule has 1 aromatic heterocycles. The van der Waals surface area contributed by atoms with E-state index in [9.17, 15) is 4.79 Å². The summed E-state index contributed by atoms with van der Waals surface area (Å²) in [7, 11) is 0. The number of esters is 1. The van der Waals surface area contributed by atoms with E-state index in [0.29, 0.717) is 41.1 Å². The molecule has 2 unspecified atom stereocenters. The lowest BCUT2D eigenvalue weighted by Crippen LogP contribution is -2.35. The second-order valence-electron chi connectivity index (χ2n) is 11.0. The monoisotopic (exact) mass is 437 g/mol. The Kier molecular flexibility index (Phi) is 5.77. The maximum atomic E-state index is 12.1. The molecule has 2 aromatic rings. The fraction of sp³-hybridized carbons (Fsp3) is 0.560. The van der Waals surface area contributed by atoms with Crippen molar-refractivity contribution in [3.05, 3.63) is 36.2 Å². The number of rotatable bonds is 6. The van der Waals surface area contributed by atoms with Crippen molar-refractivity contribution < 1.29 is 9.53 Å². The van der Waals surface area contributed by atoms with Crippen molar-refractivity contribution in [2.75, 3.05) is 29.1 Å². The van der Waals surface area contributed by atoms with E-state index in [2.05, 4.69) is 41.0 Å². The molecule has 1 saturated heterocycles. The lowest BCUT2D eigenvalue weighted by Gasteiger charge is -2.39. The molecule has 1 saturated carbocycles. The summed E-state index contributed by atoms with van der Waals surface area (Å²) >= 11 is 0. The average molecular weight is 438 g/mol. The van der Waals surface area contributed by atoms with Crippen molar-refractivity contribution in [3.63, 3.8) is 0 Å². The number of nitrogens with zero attached hydrogens (tertiary/aromatic N) is 3. The van der Waals surface area contributed by atoms with Crippen LogP contribution in [-0.4, -0.2) is 35.1 Å². The number of nitrogen functional groups attached to an aromatic ring is 1. The van der Waals surface area contributed by atoms with E-state index in [0.717, 1.165) is 24.5 Å². The van der Waals surface area contributed by atoms with E-state index in [1.807, 2.05) is 26.0 Å². The fourth-order valence-corrected chi connectivity index (χ4v) is 5.57. The smallest absolute Gasteiger partial charge is 0.338 e. The normalized spacial score (nSPS) is 23.9. The maximum absolute atomic E-state index is 12.1.